The van der Waals surface area contributed by atoms with E-state index < -0.39 is 0 Å². The number of anilines is 2. The molecule has 3 N–H and O–H groups in total. The van der Waals surface area contributed by atoms with Crippen molar-refractivity contribution in [3.8, 4) is 11.5 Å². The van der Waals surface area contributed by atoms with Crippen molar-refractivity contribution in [3.63, 3.8) is 0 Å². The van der Waals surface area contributed by atoms with Crippen LogP contribution in [0.2, 0.25) is 0 Å². The zero-order valence-corrected chi connectivity index (χ0v) is 12.1. The number of nitrogens with one attached hydrogen (secondary N) is 1. The minimum absolute atomic E-state index is 0.119. The number of benzene rings is 2. The predicted octanol–water partition coefficient (Wildman–Crippen LogP) is 2.60. The topological polar surface area (TPSA) is 73.6 Å². The van der Waals surface area contributed by atoms with Crippen molar-refractivity contribution in [2.75, 3.05) is 24.8 Å². The SMILES string of the molecule is COc1ccc(N)c(OCC(=O)Nc2ccccc2C)c1. The number of hydrogen-bond acceptors (Lipinski definition) is 4. The monoisotopic (exact) mass is 286 g/mol. The van der Waals surface area contributed by atoms with Gasteiger partial charge in [-0.2, -0.15) is 0 Å². The molecule has 0 radical (unpaired) electrons. The van der Waals surface area contributed by atoms with Gasteiger partial charge in [0.2, 0.25) is 0 Å². The van der Waals surface area contributed by atoms with Crippen molar-refractivity contribution in [3.05, 3.63) is 48.0 Å². The molecule has 0 fully saturated rings. The smallest absolute Gasteiger partial charge is 0.262 e. The van der Waals surface area contributed by atoms with Crippen molar-refractivity contribution in [1.82, 2.24) is 0 Å². The molecule has 0 unspecified atom stereocenters. The maximum Gasteiger partial charge on any atom is 0.262 e. The number of para-hydroxylation sites is 1. The van der Waals surface area contributed by atoms with Gasteiger partial charge in [0.1, 0.15) is 11.5 Å². The molecular weight excluding hydrogens is 268 g/mol. The molecule has 0 saturated carbocycles. The van der Waals surface area contributed by atoms with Gasteiger partial charge in [0, 0.05) is 11.8 Å². The molecule has 0 aliphatic heterocycles. The molecule has 0 aromatic heterocycles. The Labute approximate surface area is 123 Å². The van der Waals surface area contributed by atoms with E-state index in [0.29, 0.717) is 17.2 Å². The van der Waals surface area contributed by atoms with E-state index in [1.165, 1.54) is 0 Å². The molecule has 0 atom stereocenters. The van der Waals surface area contributed by atoms with Crippen molar-refractivity contribution < 1.29 is 14.3 Å². The fraction of sp³-hybridized carbons (Fsp3) is 0.188. The molecule has 1 amide bonds. The molecule has 0 aliphatic rings. The third kappa shape index (κ3) is 3.89. The van der Waals surface area contributed by atoms with E-state index in [2.05, 4.69) is 5.32 Å². The summed E-state index contributed by atoms with van der Waals surface area (Å²) < 4.78 is 10.5. The van der Waals surface area contributed by atoms with Gasteiger partial charge in [-0.3, -0.25) is 4.79 Å². The Morgan fingerprint density at radius 1 is 1.24 bits per heavy atom. The Hall–Kier alpha value is -2.69. The summed E-state index contributed by atoms with van der Waals surface area (Å²) in [7, 11) is 1.56. The van der Waals surface area contributed by atoms with Crippen LogP contribution >= 0.6 is 0 Å². The second-order valence-corrected chi connectivity index (χ2v) is 4.56. The number of ether oxygens (including phenoxy) is 2. The summed E-state index contributed by atoms with van der Waals surface area (Å²) in [5.41, 5.74) is 8.01. The van der Waals surface area contributed by atoms with Crippen LogP contribution in [0.15, 0.2) is 42.5 Å². The second-order valence-electron chi connectivity index (χ2n) is 4.56. The quantitative estimate of drug-likeness (QED) is 0.829. The highest BCUT2D eigenvalue weighted by atomic mass is 16.5. The van der Waals surface area contributed by atoms with E-state index in [4.69, 9.17) is 15.2 Å². The fourth-order valence-electron chi connectivity index (χ4n) is 1.81. The fourth-order valence-corrected chi connectivity index (χ4v) is 1.81. The van der Waals surface area contributed by atoms with Crippen LogP contribution in [0.3, 0.4) is 0 Å². The molecule has 5 heteroatoms. The summed E-state index contributed by atoms with van der Waals surface area (Å²) in [6.45, 7) is 1.81. The summed E-state index contributed by atoms with van der Waals surface area (Å²) in [5, 5.41) is 2.79. The average Bonchev–Trinajstić information content (AvgIpc) is 2.49. The normalized spacial score (nSPS) is 10.0. The lowest BCUT2D eigenvalue weighted by molar-refractivity contribution is -0.118. The average molecular weight is 286 g/mol. The van der Waals surface area contributed by atoms with Crippen molar-refractivity contribution in [1.29, 1.82) is 0 Å². The van der Waals surface area contributed by atoms with E-state index in [-0.39, 0.29) is 12.5 Å². The number of nitrogen functional groups attached to an aromatic ring is 1. The van der Waals surface area contributed by atoms with Crippen LogP contribution in [0.1, 0.15) is 5.56 Å². The van der Waals surface area contributed by atoms with Crippen molar-refractivity contribution in [2.45, 2.75) is 6.92 Å². The highest BCUT2D eigenvalue weighted by molar-refractivity contribution is 5.92. The first-order chi connectivity index (χ1) is 10.1. The number of rotatable bonds is 5. The summed E-state index contributed by atoms with van der Waals surface area (Å²) in [6, 6.07) is 12.6. The predicted molar refractivity (Wildman–Crippen MR) is 82.7 cm³/mol. The maximum atomic E-state index is 11.9. The molecule has 5 nitrogen and oxygen atoms in total. The zero-order chi connectivity index (χ0) is 15.2. The molecule has 2 rings (SSSR count). The van der Waals surface area contributed by atoms with Crippen LogP contribution in [-0.4, -0.2) is 19.6 Å². The van der Waals surface area contributed by atoms with Gasteiger partial charge in [0.25, 0.3) is 5.91 Å². The molecular formula is C16H18N2O3. The molecule has 2 aromatic rings. The van der Waals surface area contributed by atoms with Gasteiger partial charge in [-0.05, 0) is 30.7 Å². The minimum Gasteiger partial charge on any atom is -0.497 e. The lowest BCUT2D eigenvalue weighted by Gasteiger charge is -2.11. The van der Waals surface area contributed by atoms with E-state index in [1.807, 2.05) is 31.2 Å². The van der Waals surface area contributed by atoms with E-state index in [1.54, 1.807) is 25.3 Å². The molecule has 0 heterocycles. The second kappa shape index (κ2) is 6.65. The third-order valence-electron chi connectivity index (χ3n) is 3.00. The van der Waals surface area contributed by atoms with Gasteiger partial charge in [-0.15, -0.1) is 0 Å². The number of carbonyl (C=O) groups is 1. The number of aryl methyl sites for hydroxylation is 1. The number of methoxy groups -OCH3 is 1. The van der Waals surface area contributed by atoms with Crippen LogP contribution < -0.4 is 20.5 Å². The van der Waals surface area contributed by atoms with Gasteiger partial charge in [-0.1, -0.05) is 18.2 Å². The minimum atomic E-state index is -0.244. The lowest BCUT2D eigenvalue weighted by Crippen LogP contribution is -2.20. The molecule has 2 aromatic carbocycles. The third-order valence-corrected chi connectivity index (χ3v) is 3.00. The van der Waals surface area contributed by atoms with Gasteiger partial charge in [0.15, 0.2) is 6.61 Å². The molecule has 110 valence electrons. The Morgan fingerprint density at radius 2 is 2.00 bits per heavy atom. The molecule has 0 aliphatic carbocycles. The number of carbonyl (C=O) groups excluding carboxylic acids is 1. The van der Waals surface area contributed by atoms with E-state index in [0.717, 1.165) is 11.3 Å². The van der Waals surface area contributed by atoms with E-state index >= 15 is 0 Å². The van der Waals surface area contributed by atoms with Gasteiger partial charge < -0.3 is 20.5 Å². The summed E-state index contributed by atoms with van der Waals surface area (Å²) in [5.74, 6) is 0.805. The molecule has 0 spiro atoms. The first kappa shape index (κ1) is 14.7. The number of nitrogens with two attached hydrogens (primary N) is 1. The number of hydrogen-bond donors (Lipinski definition) is 2. The standard InChI is InChI=1S/C16H18N2O3/c1-11-5-3-4-6-14(11)18-16(19)10-21-15-9-12(20-2)7-8-13(15)17/h3-9H,10,17H2,1-2H3,(H,18,19). The maximum absolute atomic E-state index is 11.9. The summed E-state index contributed by atoms with van der Waals surface area (Å²) >= 11 is 0. The number of amides is 1. The zero-order valence-electron chi connectivity index (χ0n) is 12.1. The molecule has 0 saturated heterocycles. The summed E-state index contributed by atoms with van der Waals surface area (Å²) in [4.78, 5) is 11.9. The largest absolute Gasteiger partial charge is 0.497 e. The van der Waals surface area contributed by atoms with Gasteiger partial charge in [0.05, 0.1) is 12.8 Å². The van der Waals surface area contributed by atoms with Gasteiger partial charge >= 0.3 is 0 Å². The first-order valence-corrected chi connectivity index (χ1v) is 6.52. The summed E-state index contributed by atoms with van der Waals surface area (Å²) in [6.07, 6.45) is 0. The van der Waals surface area contributed by atoms with Crippen LogP contribution in [0.4, 0.5) is 11.4 Å². The lowest BCUT2D eigenvalue weighted by atomic mass is 10.2. The Kier molecular flexibility index (Phi) is 4.66. The van der Waals surface area contributed by atoms with Crippen LogP contribution in [-0.2, 0) is 4.79 Å². The van der Waals surface area contributed by atoms with Crippen LogP contribution in [0, 0.1) is 6.92 Å². The highest BCUT2D eigenvalue weighted by Crippen LogP contribution is 2.26. The van der Waals surface area contributed by atoms with Crippen molar-refractivity contribution in [2.24, 2.45) is 0 Å². The molecule has 0 bridgehead atoms. The van der Waals surface area contributed by atoms with Gasteiger partial charge in [-0.25, -0.2) is 0 Å². The van der Waals surface area contributed by atoms with Crippen LogP contribution in [0.25, 0.3) is 0 Å². The van der Waals surface area contributed by atoms with E-state index in [9.17, 15) is 4.79 Å². The Morgan fingerprint density at radius 3 is 2.71 bits per heavy atom. The van der Waals surface area contributed by atoms with Crippen molar-refractivity contribution >= 4 is 17.3 Å². The first-order valence-electron chi connectivity index (χ1n) is 6.52. The molecule has 21 heavy (non-hydrogen) atoms. The Bertz CT molecular complexity index is 641. The highest BCUT2D eigenvalue weighted by Gasteiger charge is 2.08. The Balaban J connectivity index is 1.97. The van der Waals surface area contributed by atoms with Crippen LogP contribution in [0.5, 0.6) is 11.5 Å².